The zero-order valence-corrected chi connectivity index (χ0v) is 9.87. The first-order valence-corrected chi connectivity index (χ1v) is 5.88. The van der Waals surface area contributed by atoms with Crippen LogP contribution in [0, 0.1) is 5.92 Å². The maximum atomic E-state index is 4.01. The van der Waals surface area contributed by atoms with Crippen LogP contribution in [0.5, 0.6) is 0 Å². The molecule has 1 aromatic heterocycles. The van der Waals surface area contributed by atoms with E-state index in [2.05, 4.69) is 36.3 Å². The number of hydrogen-bond donors (Lipinski definition) is 1. The second-order valence-electron chi connectivity index (χ2n) is 4.41. The predicted octanol–water partition coefficient (Wildman–Crippen LogP) is 2.65. The van der Waals surface area contributed by atoms with Crippen LogP contribution in [0.1, 0.15) is 32.3 Å². The van der Waals surface area contributed by atoms with Crippen molar-refractivity contribution in [2.75, 3.05) is 13.1 Å². The van der Waals surface area contributed by atoms with Gasteiger partial charge in [0.25, 0.3) is 0 Å². The Morgan fingerprint density at radius 2 is 1.93 bits per heavy atom. The zero-order chi connectivity index (χ0) is 10.9. The van der Waals surface area contributed by atoms with E-state index in [1.54, 1.807) is 0 Å². The van der Waals surface area contributed by atoms with Crippen LogP contribution >= 0.6 is 0 Å². The molecule has 15 heavy (non-hydrogen) atoms. The Morgan fingerprint density at radius 1 is 1.20 bits per heavy atom. The first-order valence-electron chi connectivity index (χ1n) is 5.88. The highest BCUT2D eigenvalue weighted by atomic mass is 14.8. The average molecular weight is 206 g/mol. The van der Waals surface area contributed by atoms with Crippen molar-refractivity contribution in [1.82, 2.24) is 10.3 Å². The largest absolute Gasteiger partial charge is 0.316 e. The first kappa shape index (κ1) is 12.2. The van der Waals surface area contributed by atoms with Crippen LogP contribution in [0.15, 0.2) is 24.5 Å². The Balaban J connectivity index is 1.98. The summed E-state index contributed by atoms with van der Waals surface area (Å²) in [5.74, 6) is 0.755. The number of rotatable bonds is 7. The summed E-state index contributed by atoms with van der Waals surface area (Å²) >= 11 is 0. The summed E-state index contributed by atoms with van der Waals surface area (Å²) in [5.41, 5.74) is 1.40. The highest BCUT2D eigenvalue weighted by Crippen LogP contribution is 2.02. The average Bonchev–Trinajstić information content (AvgIpc) is 2.24. The lowest BCUT2D eigenvalue weighted by Gasteiger charge is -2.06. The summed E-state index contributed by atoms with van der Waals surface area (Å²) in [6.45, 7) is 6.76. The van der Waals surface area contributed by atoms with Gasteiger partial charge < -0.3 is 5.32 Å². The van der Waals surface area contributed by atoms with Crippen LogP contribution in [0.2, 0.25) is 0 Å². The summed E-state index contributed by atoms with van der Waals surface area (Å²) < 4.78 is 0. The minimum absolute atomic E-state index is 0.755. The van der Waals surface area contributed by atoms with E-state index in [-0.39, 0.29) is 0 Å². The van der Waals surface area contributed by atoms with Gasteiger partial charge in [-0.3, -0.25) is 4.98 Å². The standard InChI is InChI=1S/C13H22N2/c1-12(2)11-15-8-4-3-5-13-6-9-14-10-7-13/h6-7,9-10,12,15H,3-5,8,11H2,1-2H3. The smallest absolute Gasteiger partial charge is 0.0270 e. The number of nitrogens with zero attached hydrogens (tertiary/aromatic N) is 1. The minimum Gasteiger partial charge on any atom is -0.316 e. The molecule has 0 aliphatic heterocycles. The van der Waals surface area contributed by atoms with Gasteiger partial charge in [-0.05, 0) is 56.0 Å². The molecule has 0 saturated heterocycles. The third kappa shape index (κ3) is 6.24. The fraction of sp³-hybridized carbons (Fsp3) is 0.615. The summed E-state index contributed by atoms with van der Waals surface area (Å²) in [7, 11) is 0. The second-order valence-corrected chi connectivity index (χ2v) is 4.41. The van der Waals surface area contributed by atoms with Gasteiger partial charge in [-0.15, -0.1) is 0 Å². The normalized spacial score (nSPS) is 10.9. The van der Waals surface area contributed by atoms with Gasteiger partial charge in [0.2, 0.25) is 0 Å². The maximum absolute atomic E-state index is 4.01. The SMILES string of the molecule is CC(C)CNCCCCc1ccncc1. The summed E-state index contributed by atoms with van der Waals surface area (Å²) in [4.78, 5) is 4.01. The van der Waals surface area contributed by atoms with Crippen LogP contribution in [0.4, 0.5) is 0 Å². The van der Waals surface area contributed by atoms with Crippen LogP contribution in [0.3, 0.4) is 0 Å². The van der Waals surface area contributed by atoms with Gasteiger partial charge >= 0.3 is 0 Å². The molecule has 0 saturated carbocycles. The van der Waals surface area contributed by atoms with Gasteiger partial charge in [0.05, 0.1) is 0 Å². The molecule has 0 atom stereocenters. The Kier molecular flexibility index (Phi) is 6.02. The molecule has 84 valence electrons. The molecule has 1 N–H and O–H groups in total. The minimum atomic E-state index is 0.755. The summed E-state index contributed by atoms with van der Waals surface area (Å²) in [6.07, 6.45) is 7.43. The first-order chi connectivity index (χ1) is 7.29. The van der Waals surface area contributed by atoms with Crippen molar-refractivity contribution >= 4 is 0 Å². The van der Waals surface area contributed by atoms with Gasteiger partial charge in [-0.1, -0.05) is 13.8 Å². The summed E-state index contributed by atoms with van der Waals surface area (Å²) in [6, 6.07) is 4.20. The lowest BCUT2D eigenvalue weighted by atomic mass is 10.1. The Bertz CT molecular complexity index is 244. The highest BCUT2D eigenvalue weighted by Gasteiger charge is 1.94. The van der Waals surface area contributed by atoms with E-state index in [0.29, 0.717) is 0 Å². The molecule has 1 rings (SSSR count). The van der Waals surface area contributed by atoms with Crippen molar-refractivity contribution in [2.24, 2.45) is 5.92 Å². The fourth-order valence-electron chi connectivity index (χ4n) is 1.52. The van der Waals surface area contributed by atoms with Crippen molar-refractivity contribution < 1.29 is 0 Å². The molecule has 2 nitrogen and oxygen atoms in total. The molecule has 0 radical (unpaired) electrons. The third-order valence-corrected chi connectivity index (χ3v) is 2.37. The topological polar surface area (TPSA) is 24.9 Å². The van der Waals surface area contributed by atoms with Gasteiger partial charge in [0.15, 0.2) is 0 Å². The van der Waals surface area contributed by atoms with Gasteiger partial charge in [0.1, 0.15) is 0 Å². The van der Waals surface area contributed by atoms with Crippen LogP contribution in [-0.4, -0.2) is 18.1 Å². The van der Waals surface area contributed by atoms with E-state index in [4.69, 9.17) is 0 Å². The fourth-order valence-corrected chi connectivity index (χ4v) is 1.52. The second kappa shape index (κ2) is 7.41. The van der Waals surface area contributed by atoms with E-state index in [1.807, 2.05) is 12.4 Å². The van der Waals surface area contributed by atoms with E-state index in [0.717, 1.165) is 19.0 Å². The van der Waals surface area contributed by atoms with E-state index >= 15 is 0 Å². The Labute approximate surface area is 93.1 Å². The molecule has 0 aliphatic rings. The Morgan fingerprint density at radius 3 is 2.60 bits per heavy atom. The van der Waals surface area contributed by atoms with Crippen molar-refractivity contribution in [3.05, 3.63) is 30.1 Å². The van der Waals surface area contributed by atoms with Crippen molar-refractivity contribution in [2.45, 2.75) is 33.1 Å². The van der Waals surface area contributed by atoms with Gasteiger partial charge in [-0.25, -0.2) is 0 Å². The van der Waals surface area contributed by atoms with Crippen molar-refractivity contribution in [1.29, 1.82) is 0 Å². The molecule has 0 fully saturated rings. The molecular weight excluding hydrogens is 184 g/mol. The maximum Gasteiger partial charge on any atom is 0.0270 e. The molecule has 1 heterocycles. The number of hydrogen-bond acceptors (Lipinski definition) is 2. The number of pyridine rings is 1. The van der Waals surface area contributed by atoms with E-state index < -0.39 is 0 Å². The molecule has 0 spiro atoms. The van der Waals surface area contributed by atoms with Crippen LogP contribution in [-0.2, 0) is 6.42 Å². The monoisotopic (exact) mass is 206 g/mol. The number of nitrogens with one attached hydrogen (secondary N) is 1. The Hall–Kier alpha value is -0.890. The van der Waals surface area contributed by atoms with Crippen LogP contribution in [0.25, 0.3) is 0 Å². The molecule has 0 amide bonds. The molecule has 0 aromatic carbocycles. The molecule has 0 unspecified atom stereocenters. The molecule has 1 aromatic rings. The van der Waals surface area contributed by atoms with Gasteiger partial charge in [-0.2, -0.15) is 0 Å². The zero-order valence-electron chi connectivity index (χ0n) is 9.87. The number of unbranched alkanes of at least 4 members (excludes halogenated alkanes) is 1. The van der Waals surface area contributed by atoms with E-state index in [1.165, 1.54) is 24.8 Å². The van der Waals surface area contributed by atoms with Crippen molar-refractivity contribution in [3.63, 3.8) is 0 Å². The molecule has 2 heteroatoms. The predicted molar refractivity (Wildman–Crippen MR) is 64.9 cm³/mol. The lowest BCUT2D eigenvalue weighted by Crippen LogP contribution is -2.20. The molecule has 0 bridgehead atoms. The van der Waals surface area contributed by atoms with Crippen LogP contribution < -0.4 is 5.32 Å². The van der Waals surface area contributed by atoms with E-state index in [9.17, 15) is 0 Å². The quantitative estimate of drug-likeness (QED) is 0.694. The molecule has 0 aliphatic carbocycles. The number of aryl methyl sites for hydroxylation is 1. The highest BCUT2D eigenvalue weighted by molar-refractivity contribution is 5.09. The van der Waals surface area contributed by atoms with Gasteiger partial charge in [0, 0.05) is 12.4 Å². The number of aromatic nitrogens is 1. The summed E-state index contributed by atoms with van der Waals surface area (Å²) in [5, 5.41) is 3.46. The molecular formula is C13H22N2. The third-order valence-electron chi connectivity index (χ3n) is 2.37. The van der Waals surface area contributed by atoms with Crippen molar-refractivity contribution in [3.8, 4) is 0 Å². The lowest BCUT2D eigenvalue weighted by molar-refractivity contribution is 0.535.